The first-order chi connectivity index (χ1) is 6.24. The highest BCUT2D eigenvalue weighted by atomic mass is 79.9. The Bertz CT molecular complexity index is 443. The molecule has 0 aliphatic heterocycles. The fraction of sp³-hybridized carbons (Fsp3) is 0.273. The molecule has 0 aliphatic carbocycles. The molecule has 13 heavy (non-hydrogen) atoms. The Balaban J connectivity index is 2.89. The number of nitrogens with zero attached hydrogens (tertiary/aromatic N) is 1. The Hall–Kier alpha value is -0.760. The third kappa shape index (κ3) is 1.29. The summed E-state index contributed by atoms with van der Waals surface area (Å²) in [6.07, 6.45) is 3.29. The van der Waals surface area contributed by atoms with Gasteiger partial charge in [0, 0.05) is 28.6 Å². The zero-order valence-corrected chi connectivity index (χ0v) is 9.43. The molecule has 0 aliphatic rings. The van der Waals surface area contributed by atoms with E-state index in [0.717, 1.165) is 6.42 Å². The highest BCUT2D eigenvalue weighted by Gasteiger charge is 2.06. The van der Waals surface area contributed by atoms with Crippen molar-refractivity contribution in [2.75, 3.05) is 0 Å². The van der Waals surface area contributed by atoms with Crippen LogP contribution in [0.3, 0.4) is 0 Å². The van der Waals surface area contributed by atoms with Gasteiger partial charge < -0.3 is 4.57 Å². The van der Waals surface area contributed by atoms with Crippen LogP contribution < -0.4 is 0 Å². The van der Waals surface area contributed by atoms with Crippen molar-refractivity contribution in [2.45, 2.75) is 13.3 Å². The van der Waals surface area contributed by atoms with Crippen LogP contribution in [-0.4, -0.2) is 4.57 Å². The first kappa shape index (κ1) is 8.82. The Morgan fingerprint density at radius 2 is 2.15 bits per heavy atom. The van der Waals surface area contributed by atoms with E-state index in [1.54, 1.807) is 0 Å². The second-order valence-electron chi connectivity index (χ2n) is 3.25. The second kappa shape index (κ2) is 3.18. The summed E-state index contributed by atoms with van der Waals surface area (Å²) in [5.74, 6) is 0. The molecule has 0 saturated heterocycles. The average Bonchev–Trinajstić information content (AvgIpc) is 2.45. The Morgan fingerprint density at radius 3 is 2.85 bits per heavy atom. The number of hydrogen-bond donors (Lipinski definition) is 0. The first-order valence-electron chi connectivity index (χ1n) is 4.46. The molecule has 2 heteroatoms. The molecule has 1 heterocycles. The summed E-state index contributed by atoms with van der Waals surface area (Å²) in [5.41, 5.74) is 2.70. The molecule has 2 rings (SSSR count). The fourth-order valence-electron chi connectivity index (χ4n) is 1.76. The van der Waals surface area contributed by atoms with Crippen molar-refractivity contribution in [1.82, 2.24) is 4.57 Å². The molecular weight excluding hydrogens is 226 g/mol. The van der Waals surface area contributed by atoms with Crippen LogP contribution in [0.4, 0.5) is 0 Å². The van der Waals surface area contributed by atoms with Crippen LogP contribution in [0.25, 0.3) is 10.9 Å². The maximum absolute atomic E-state index is 3.59. The van der Waals surface area contributed by atoms with Crippen molar-refractivity contribution in [3.05, 3.63) is 34.4 Å². The van der Waals surface area contributed by atoms with Crippen molar-refractivity contribution < 1.29 is 0 Å². The third-order valence-electron chi connectivity index (χ3n) is 2.42. The lowest BCUT2D eigenvalue weighted by Crippen LogP contribution is -1.82. The molecule has 1 nitrogen and oxygen atoms in total. The van der Waals surface area contributed by atoms with Gasteiger partial charge in [-0.15, -0.1) is 0 Å². The number of benzene rings is 1. The summed E-state index contributed by atoms with van der Waals surface area (Å²) >= 11 is 3.59. The van der Waals surface area contributed by atoms with Crippen molar-refractivity contribution >= 4 is 26.8 Å². The lowest BCUT2D eigenvalue weighted by molar-refractivity contribution is 0.954. The van der Waals surface area contributed by atoms with Crippen LogP contribution in [0, 0.1) is 0 Å². The summed E-state index contributed by atoms with van der Waals surface area (Å²) in [7, 11) is 2.09. The van der Waals surface area contributed by atoms with Gasteiger partial charge in [0.25, 0.3) is 0 Å². The van der Waals surface area contributed by atoms with E-state index < -0.39 is 0 Å². The molecule has 2 aromatic rings. The standard InChI is InChI=1S/C11H12BrN/c1-3-8-7-13(2)10-6-4-5-9(12)11(8)10/h4-7H,3H2,1-2H3. The van der Waals surface area contributed by atoms with E-state index in [1.165, 1.54) is 20.9 Å². The molecule has 0 saturated carbocycles. The molecule has 0 spiro atoms. The molecule has 0 amide bonds. The van der Waals surface area contributed by atoms with Gasteiger partial charge in [0.15, 0.2) is 0 Å². The van der Waals surface area contributed by atoms with Gasteiger partial charge in [0.2, 0.25) is 0 Å². The van der Waals surface area contributed by atoms with Gasteiger partial charge in [0.1, 0.15) is 0 Å². The summed E-state index contributed by atoms with van der Waals surface area (Å²) in [4.78, 5) is 0. The second-order valence-corrected chi connectivity index (χ2v) is 4.11. The minimum Gasteiger partial charge on any atom is -0.350 e. The minimum atomic E-state index is 1.08. The summed E-state index contributed by atoms with van der Waals surface area (Å²) in [6.45, 7) is 2.19. The zero-order valence-electron chi connectivity index (χ0n) is 7.84. The Kier molecular flexibility index (Phi) is 2.16. The van der Waals surface area contributed by atoms with Crippen LogP contribution >= 0.6 is 15.9 Å². The minimum absolute atomic E-state index is 1.08. The predicted molar refractivity (Wildman–Crippen MR) is 60.0 cm³/mol. The van der Waals surface area contributed by atoms with E-state index in [-0.39, 0.29) is 0 Å². The number of fused-ring (bicyclic) bond motifs is 1. The topological polar surface area (TPSA) is 4.93 Å². The molecule has 0 N–H and O–H groups in total. The fourth-order valence-corrected chi connectivity index (χ4v) is 2.37. The van der Waals surface area contributed by atoms with E-state index in [0.29, 0.717) is 0 Å². The maximum Gasteiger partial charge on any atom is 0.0491 e. The smallest absolute Gasteiger partial charge is 0.0491 e. The average molecular weight is 238 g/mol. The molecule has 68 valence electrons. The SMILES string of the molecule is CCc1cn(C)c2cccc(Br)c12. The van der Waals surface area contributed by atoms with Crippen LogP contribution in [0.1, 0.15) is 12.5 Å². The van der Waals surface area contributed by atoms with Crippen molar-refractivity contribution in [3.63, 3.8) is 0 Å². The van der Waals surface area contributed by atoms with Crippen molar-refractivity contribution in [1.29, 1.82) is 0 Å². The Morgan fingerprint density at radius 1 is 1.38 bits per heavy atom. The van der Waals surface area contributed by atoms with Crippen LogP contribution in [-0.2, 0) is 13.5 Å². The molecule has 0 fully saturated rings. The van der Waals surface area contributed by atoms with E-state index in [1.807, 2.05) is 0 Å². The number of aryl methyl sites for hydroxylation is 2. The molecule has 0 atom stereocenters. The van der Waals surface area contributed by atoms with E-state index >= 15 is 0 Å². The predicted octanol–water partition coefficient (Wildman–Crippen LogP) is 3.50. The van der Waals surface area contributed by atoms with Crippen LogP contribution in [0.2, 0.25) is 0 Å². The van der Waals surface area contributed by atoms with Gasteiger partial charge in [-0.3, -0.25) is 0 Å². The maximum atomic E-state index is 3.59. The van der Waals surface area contributed by atoms with Gasteiger partial charge >= 0.3 is 0 Å². The van der Waals surface area contributed by atoms with Crippen molar-refractivity contribution in [2.24, 2.45) is 7.05 Å². The lowest BCUT2D eigenvalue weighted by atomic mass is 10.1. The van der Waals surface area contributed by atoms with E-state index in [9.17, 15) is 0 Å². The van der Waals surface area contributed by atoms with Gasteiger partial charge in [-0.05, 0) is 24.1 Å². The van der Waals surface area contributed by atoms with E-state index in [4.69, 9.17) is 0 Å². The van der Waals surface area contributed by atoms with Gasteiger partial charge in [0.05, 0.1) is 0 Å². The molecule has 1 aromatic heterocycles. The number of rotatable bonds is 1. The number of aromatic nitrogens is 1. The Labute approximate surface area is 86.5 Å². The quantitative estimate of drug-likeness (QED) is 0.716. The molecule has 0 bridgehead atoms. The molecular formula is C11H12BrN. The van der Waals surface area contributed by atoms with Crippen LogP contribution in [0.15, 0.2) is 28.9 Å². The number of hydrogen-bond acceptors (Lipinski definition) is 0. The molecule has 0 unspecified atom stereocenters. The summed E-state index contributed by atoms with van der Waals surface area (Å²) in [6, 6.07) is 6.33. The molecule has 1 aromatic carbocycles. The van der Waals surface area contributed by atoms with Crippen molar-refractivity contribution in [3.8, 4) is 0 Å². The van der Waals surface area contributed by atoms with Gasteiger partial charge in [-0.2, -0.15) is 0 Å². The normalized spacial score (nSPS) is 11.0. The highest BCUT2D eigenvalue weighted by molar-refractivity contribution is 9.10. The van der Waals surface area contributed by atoms with E-state index in [2.05, 4.69) is 58.9 Å². The summed E-state index contributed by atoms with van der Waals surface area (Å²) < 4.78 is 3.38. The van der Waals surface area contributed by atoms with Crippen LogP contribution in [0.5, 0.6) is 0 Å². The first-order valence-corrected chi connectivity index (χ1v) is 5.25. The largest absolute Gasteiger partial charge is 0.350 e. The van der Waals surface area contributed by atoms with Gasteiger partial charge in [-0.25, -0.2) is 0 Å². The number of halogens is 1. The lowest BCUT2D eigenvalue weighted by Gasteiger charge is -1.97. The monoisotopic (exact) mass is 237 g/mol. The zero-order chi connectivity index (χ0) is 9.42. The third-order valence-corrected chi connectivity index (χ3v) is 3.08. The van der Waals surface area contributed by atoms with Gasteiger partial charge in [-0.1, -0.05) is 28.9 Å². The highest BCUT2D eigenvalue weighted by Crippen LogP contribution is 2.28. The summed E-state index contributed by atoms with van der Waals surface area (Å²) in [5, 5.41) is 1.35. The molecule has 0 radical (unpaired) electrons.